The molecule has 0 aliphatic rings. The Labute approximate surface area is 127 Å². The summed E-state index contributed by atoms with van der Waals surface area (Å²) in [5.74, 6) is -11.2. The van der Waals surface area contributed by atoms with Gasteiger partial charge in [-0.2, -0.15) is 5.26 Å². The van der Waals surface area contributed by atoms with E-state index in [-0.39, 0.29) is 5.56 Å². The fourth-order valence-corrected chi connectivity index (χ4v) is 1.73. The summed E-state index contributed by atoms with van der Waals surface area (Å²) in [6.45, 7) is 0. The first kappa shape index (κ1) is 16.4. The Kier molecular flexibility index (Phi) is 4.55. The van der Waals surface area contributed by atoms with E-state index in [0.717, 1.165) is 0 Å². The normalized spacial score (nSPS) is 10.8. The van der Waals surface area contributed by atoms with Gasteiger partial charge in [0, 0.05) is 5.56 Å². The quantitative estimate of drug-likeness (QED) is 0.280. The highest BCUT2D eigenvalue weighted by molar-refractivity contribution is 6.06. The van der Waals surface area contributed by atoms with Gasteiger partial charge in [-0.05, 0) is 36.4 Å². The fourth-order valence-electron chi connectivity index (χ4n) is 1.73. The van der Waals surface area contributed by atoms with Crippen LogP contribution in [0.25, 0.3) is 6.08 Å². The van der Waals surface area contributed by atoms with Crippen LogP contribution in [0.5, 0.6) is 0 Å². The van der Waals surface area contributed by atoms with Crippen molar-refractivity contribution in [3.8, 4) is 6.07 Å². The Morgan fingerprint density at radius 2 is 1.35 bits per heavy atom. The molecule has 0 heterocycles. The number of hydrogen-bond donors (Lipinski definition) is 0. The second kappa shape index (κ2) is 6.40. The lowest BCUT2D eigenvalue weighted by molar-refractivity contribution is 0.104. The second-order valence-electron chi connectivity index (χ2n) is 4.37. The van der Waals surface area contributed by atoms with Gasteiger partial charge in [-0.15, -0.1) is 0 Å². The lowest BCUT2D eigenvalue weighted by atomic mass is 10.1. The molecule has 0 aromatic heterocycles. The van der Waals surface area contributed by atoms with E-state index in [9.17, 15) is 26.7 Å². The van der Waals surface area contributed by atoms with Crippen LogP contribution in [0.3, 0.4) is 0 Å². The zero-order valence-corrected chi connectivity index (χ0v) is 11.2. The van der Waals surface area contributed by atoms with Gasteiger partial charge in [-0.3, -0.25) is 4.79 Å². The van der Waals surface area contributed by atoms with Gasteiger partial charge >= 0.3 is 0 Å². The third kappa shape index (κ3) is 3.11. The molecular weight excluding hydrogens is 317 g/mol. The van der Waals surface area contributed by atoms with Crippen molar-refractivity contribution in [1.29, 1.82) is 5.26 Å². The molecule has 116 valence electrons. The Morgan fingerprint density at radius 3 is 1.83 bits per heavy atom. The highest BCUT2D eigenvalue weighted by atomic mass is 19.2. The topological polar surface area (TPSA) is 40.9 Å². The van der Waals surface area contributed by atoms with Gasteiger partial charge in [-0.1, -0.05) is 0 Å². The number of halogens is 5. The highest BCUT2D eigenvalue weighted by Gasteiger charge is 2.24. The highest BCUT2D eigenvalue weighted by Crippen LogP contribution is 2.24. The summed E-state index contributed by atoms with van der Waals surface area (Å²) >= 11 is 0. The minimum atomic E-state index is -2.27. The van der Waals surface area contributed by atoms with E-state index < -0.39 is 40.4 Å². The van der Waals surface area contributed by atoms with Gasteiger partial charge in [0.2, 0.25) is 5.82 Å². The van der Waals surface area contributed by atoms with Crippen LogP contribution in [-0.4, -0.2) is 5.78 Å². The molecule has 2 aromatic carbocycles. The summed E-state index contributed by atoms with van der Waals surface area (Å²) in [7, 11) is 0. The minimum Gasteiger partial charge on any atom is -0.289 e. The zero-order valence-electron chi connectivity index (χ0n) is 11.2. The first-order valence-corrected chi connectivity index (χ1v) is 6.10. The zero-order chi connectivity index (χ0) is 17.1. The molecule has 0 saturated heterocycles. The van der Waals surface area contributed by atoms with Crippen molar-refractivity contribution < 1.29 is 26.7 Å². The van der Waals surface area contributed by atoms with Gasteiger partial charge in [0.15, 0.2) is 29.1 Å². The van der Waals surface area contributed by atoms with Crippen molar-refractivity contribution >= 4 is 11.9 Å². The summed E-state index contributed by atoms with van der Waals surface area (Å²) in [6, 6.07) is 7.12. The van der Waals surface area contributed by atoms with Crippen LogP contribution in [0.1, 0.15) is 21.5 Å². The summed E-state index contributed by atoms with van der Waals surface area (Å²) in [5, 5.41) is 8.62. The maximum Gasteiger partial charge on any atom is 0.200 e. The van der Waals surface area contributed by atoms with Crippen molar-refractivity contribution in [1.82, 2.24) is 0 Å². The molecule has 0 unspecified atom stereocenters. The van der Waals surface area contributed by atoms with E-state index in [1.54, 1.807) is 0 Å². The Morgan fingerprint density at radius 1 is 0.870 bits per heavy atom. The van der Waals surface area contributed by atoms with Crippen molar-refractivity contribution in [2.45, 2.75) is 0 Å². The molecular formula is C16H6F5NO. The molecule has 0 aliphatic heterocycles. The number of allylic oxidation sites excluding steroid dienone is 1. The maximum atomic E-state index is 13.4. The van der Waals surface area contributed by atoms with Crippen molar-refractivity contribution in [3.63, 3.8) is 0 Å². The van der Waals surface area contributed by atoms with Crippen molar-refractivity contribution in [3.05, 3.63) is 76.1 Å². The largest absolute Gasteiger partial charge is 0.289 e. The lowest BCUT2D eigenvalue weighted by Crippen LogP contribution is -2.04. The molecule has 0 saturated carbocycles. The van der Waals surface area contributed by atoms with Crippen LogP contribution in [0.4, 0.5) is 22.0 Å². The monoisotopic (exact) mass is 323 g/mol. The molecule has 0 radical (unpaired) electrons. The molecule has 2 aromatic rings. The molecule has 2 rings (SSSR count). The van der Waals surface area contributed by atoms with Gasteiger partial charge in [0.25, 0.3) is 0 Å². The predicted octanol–water partition coefficient (Wildman–Crippen LogP) is 4.15. The van der Waals surface area contributed by atoms with E-state index in [1.165, 1.54) is 24.3 Å². The standard InChI is InChI=1S/C16H6F5NO/c17-12-10(13(18)15(20)16(21)14(12)19)5-6-11(23)9-3-1-8(7-22)2-4-9/h1-6H/b6-5+. The van der Waals surface area contributed by atoms with Gasteiger partial charge < -0.3 is 0 Å². The molecule has 0 atom stereocenters. The molecule has 2 nitrogen and oxygen atoms in total. The van der Waals surface area contributed by atoms with E-state index in [1.807, 2.05) is 6.07 Å². The first-order chi connectivity index (χ1) is 10.9. The number of hydrogen-bond acceptors (Lipinski definition) is 2. The van der Waals surface area contributed by atoms with Gasteiger partial charge in [-0.25, -0.2) is 22.0 Å². The smallest absolute Gasteiger partial charge is 0.200 e. The molecule has 0 spiro atoms. The van der Waals surface area contributed by atoms with E-state index >= 15 is 0 Å². The second-order valence-corrected chi connectivity index (χ2v) is 4.37. The Bertz CT molecular complexity index is 821. The number of carbonyl (C=O) groups excluding carboxylic acids is 1. The third-order valence-corrected chi connectivity index (χ3v) is 2.94. The molecule has 7 heteroatoms. The Hall–Kier alpha value is -3.01. The number of rotatable bonds is 3. The van der Waals surface area contributed by atoms with E-state index in [2.05, 4.69) is 0 Å². The molecule has 0 aliphatic carbocycles. The summed E-state index contributed by atoms with van der Waals surface area (Å²) in [4.78, 5) is 11.8. The maximum absolute atomic E-state index is 13.4. The average molecular weight is 323 g/mol. The summed E-state index contributed by atoms with van der Waals surface area (Å²) in [5.41, 5.74) is -0.821. The van der Waals surface area contributed by atoms with E-state index in [0.29, 0.717) is 17.7 Å². The first-order valence-electron chi connectivity index (χ1n) is 6.10. The lowest BCUT2D eigenvalue weighted by Gasteiger charge is -2.04. The minimum absolute atomic E-state index is 0.0871. The number of benzene rings is 2. The molecule has 0 bridgehead atoms. The summed E-state index contributed by atoms with van der Waals surface area (Å²) < 4.78 is 65.8. The van der Waals surface area contributed by atoms with Crippen LogP contribution < -0.4 is 0 Å². The van der Waals surface area contributed by atoms with Crippen molar-refractivity contribution in [2.24, 2.45) is 0 Å². The number of carbonyl (C=O) groups is 1. The van der Waals surface area contributed by atoms with Crippen LogP contribution in [0, 0.1) is 40.4 Å². The van der Waals surface area contributed by atoms with Crippen LogP contribution in [-0.2, 0) is 0 Å². The van der Waals surface area contributed by atoms with Gasteiger partial charge in [0.05, 0.1) is 17.2 Å². The molecule has 0 fully saturated rings. The molecule has 0 N–H and O–H groups in total. The third-order valence-electron chi connectivity index (χ3n) is 2.94. The predicted molar refractivity (Wildman–Crippen MR) is 70.8 cm³/mol. The van der Waals surface area contributed by atoms with Crippen molar-refractivity contribution in [2.75, 3.05) is 0 Å². The van der Waals surface area contributed by atoms with Gasteiger partial charge in [0.1, 0.15) is 0 Å². The van der Waals surface area contributed by atoms with Crippen LogP contribution in [0.15, 0.2) is 30.3 Å². The number of ketones is 1. The van der Waals surface area contributed by atoms with E-state index in [4.69, 9.17) is 5.26 Å². The number of nitrogens with zero attached hydrogens (tertiary/aromatic N) is 1. The fraction of sp³-hybridized carbons (Fsp3) is 0. The summed E-state index contributed by atoms with van der Waals surface area (Å²) in [6.07, 6.45) is 1.19. The van der Waals surface area contributed by atoms with Crippen LogP contribution in [0.2, 0.25) is 0 Å². The SMILES string of the molecule is N#Cc1ccc(C(=O)/C=C/c2c(F)c(F)c(F)c(F)c2F)cc1. The Balaban J connectivity index is 2.37. The molecule has 0 amide bonds. The average Bonchev–Trinajstić information content (AvgIpc) is 2.58. The number of nitriles is 1. The molecule has 23 heavy (non-hydrogen) atoms. The van der Waals surface area contributed by atoms with Crippen LogP contribution >= 0.6 is 0 Å².